The lowest BCUT2D eigenvalue weighted by Crippen LogP contribution is -2.45. The average molecular weight is 318 g/mol. The SMILES string of the molecule is NCC1CCN(S(=O)(=O)NCc2cccc(Cl)c2)CC1. The van der Waals surface area contributed by atoms with E-state index in [-0.39, 0.29) is 6.54 Å². The molecule has 1 aliphatic heterocycles. The van der Waals surface area contributed by atoms with Crippen LogP contribution < -0.4 is 10.5 Å². The van der Waals surface area contributed by atoms with Crippen molar-refractivity contribution < 1.29 is 8.42 Å². The van der Waals surface area contributed by atoms with Crippen LogP contribution in [0.2, 0.25) is 5.02 Å². The number of hydrogen-bond acceptors (Lipinski definition) is 3. The number of nitrogens with two attached hydrogens (primary N) is 1. The zero-order valence-electron chi connectivity index (χ0n) is 11.3. The van der Waals surface area contributed by atoms with Crippen molar-refractivity contribution in [3.8, 4) is 0 Å². The summed E-state index contributed by atoms with van der Waals surface area (Å²) in [5.74, 6) is 0.439. The van der Waals surface area contributed by atoms with Crippen LogP contribution >= 0.6 is 11.6 Å². The Labute approximate surface area is 125 Å². The molecule has 1 fully saturated rings. The first-order valence-electron chi connectivity index (χ1n) is 6.70. The number of rotatable bonds is 5. The predicted octanol–water partition coefficient (Wildman–Crippen LogP) is 1.35. The van der Waals surface area contributed by atoms with Crippen molar-refractivity contribution in [3.63, 3.8) is 0 Å². The van der Waals surface area contributed by atoms with E-state index in [4.69, 9.17) is 17.3 Å². The third kappa shape index (κ3) is 4.17. The van der Waals surface area contributed by atoms with Crippen LogP contribution in [-0.2, 0) is 16.8 Å². The zero-order chi connectivity index (χ0) is 14.6. The van der Waals surface area contributed by atoms with Gasteiger partial charge in [0.05, 0.1) is 0 Å². The molecule has 0 saturated carbocycles. The maximum Gasteiger partial charge on any atom is 0.279 e. The summed E-state index contributed by atoms with van der Waals surface area (Å²) < 4.78 is 28.5. The highest BCUT2D eigenvalue weighted by Gasteiger charge is 2.26. The number of nitrogens with zero attached hydrogens (tertiary/aromatic N) is 1. The molecule has 1 aromatic rings. The highest BCUT2D eigenvalue weighted by Crippen LogP contribution is 2.18. The number of benzene rings is 1. The van der Waals surface area contributed by atoms with Crippen LogP contribution in [0.1, 0.15) is 18.4 Å². The largest absolute Gasteiger partial charge is 0.330 e. The van der Waals surface area contributed by atoms with Gasteiger partial charge in [-0.1, -0.05) is 23.7 Å². The molecule has 1 saturated heterocycles. The van der Waals surface area contributed by atoms with Gasteiger partial charge in [0.15, 0.2) is 0 Å². The molecule has 0 bridgehead atoms. The fraction of sp³-hybridized carbons (Fsp3) is 0.538. The molecule has 0 aliphatic carbocycles. The van der Waals surface area contributed by atoms with E-state index in [0.29, 0.717) is 30.6 Å². The quantitative estimate of drug-likeness (QED) is 0.860. The molecular formula is C13H20ClN3O2S. The Hall–Kier alpha value is -0.660. The smallest absolute Gasteiger partial charge is 0.279 e. The summed E-state index contributed by atoms with van der Waals surface area (Å²) in [5, 5.41) is 0.602. The first-order valence-corrected chi connectivity index (χ1v) is 8.52. The van der Waals surface area contributed by atoms with Crippen molar-refractivity contribution in [1.82, 2.24) is 9.03 Å². The second kappa shape index (κ2) is 6.87. The molecule has 3 N–H and O–H groups in total. The molecule has 0 radical (unpaired) electrons. The van der Waals surface area contributed by atoms with E-state index in [1.54, 1.807) is 18.2 Å². The van der Waals surface area contributed by atoms with Gasteiger partial charge in [-0.3, -0.25) is 0 Å². The van der Waals surface area contributed by atoms with Gasteiger partial charge in [0.2, 0.25) is 0 Å². The molecule has 20 heavy (non-hydrogen) atoms. The van der Waals surface area contributed by atoms with Gasteiger partial charge in [0.1, 0.15) is 0 Å². The lowest BCUT2D eigenvalue weighted by atomic mass is 9.99. The molecule has 0 spiro atoms. The summed E-state index contributed by atoms with van der Waals surface area (Å²) >= 11 is 5.88. The minimum atomic E-state index is -3.43. The summed E-state index contributed by atoms with van der Waals surface area (Å²) in [6, 6.07) is 7.16. The predicted molar refractivity (Wildman–Crippen MR) is 80.6 cm³/mol. The monoisotopic (exact) mass is 317 g/mol. The summed E-state index contributed by atoms with van der Waals surface area (Å²) in [6.07, 6.45) is 1.66. The van der Waals surface area contributed by atoms with Gasteiger partial charge >= 0.3 is 0 Å². The number of halogens is 1. The van der Waals surface area contributed by atoms with Gasteiger partial charge in [0.25, 0.3) is 10.2 Å². The maximum atomic E-state index is 12.2. The van der Waals surface area contributed by atoms with E-state index in [9.17, 15) is 8.42 Å². The van der Waals surface area contributed by atoms with E-state index < -0.39 is 10.2 Å². The second-order valence-corrected chi connectivity index (χ2v) is 7.23. The van der Waals surface area contributed by atoms with Crippen LogP contribution in [-0.4, -0.2) is 32.4 Å². The lowest BCUT2D eigenvalue weighted by Gasteiger charge is -2.30. The summed E-state index contributed by atoms with van der Waals surface area (Å²) in [6.45, 7) is 1.95. The topological polar surface area (TPSA) is 75.4 Å². The van der Waals surface area contributed by atoms with E-state index in [2.05, 4.69) is 4.72 Å². The molecule has 2 rings (SSSR count). The molecule has 1 aliphatic rings. The number of nitrogens with one attached hydrogen (secondary N) is 1. The molecule has 112 valence electrons. The first kappa shape index (κ1) is 15.7. The first-order chi connectivity index (χ1) is 9.51. The van der Waals surface area contributed by atoms with Gasteiger partial charge in [-0.2, -0.15) is 17.4 Å². The van der Waals surface area contributed by atoms with Gasteiger partial charge in [-0.25, -0.2) is 0 Å². The van der Waals surface area contributed by atoms with E-state index in [1.807, 2.05) is 6.07 Å². The molecule has 0 atom stereocenters. The average Bonchev–Trinajstić information content (AvgIpc) is 2.45. The fourth-order valence-electron chi connectivity index (χ4n) is 2.30. The van der Waals surface area contributed by atoms with Crippen molar-refractivity contribution in [2.45, 2.75) is 19.4 Å². The Bertz CT molecular complexity index is 542. The Morgan fingerprint density at radius 2 is 2.05 bits per heavy atom. The lowest BCUT2D eigenvalue weighted by molar-refractivity contribution is 0.275. The fourth-order valence-corrected chi connectivity index (χ4v) is 3.73. The highest BCUT2D eigenvalue weighted by atomic mass is 35.5. The van der Waals surface area contributed by atoms with Crippen LogP contribution in [0.4, 0.5) is 0 Å². The summed E-state index contributed by atoms with van der Waals surface area (Å²) in [4.78, 5) is 0. The zero-order valence-corrected chi connectivity index (χ0v) is 12.8. The standard InChI is InChI=1S/C13H20ClN3O2S/c14-13-3-1-2-12(8-13)10-16-20(18,19)17-6-4-11(9-15)5-7-17/h1-3,8,11,16H,4-7,9-10,15H2. The molecule has 1 heterocycles. The van der Waals surface area contributed by atoms with E-state index in [1.165, 1.54) is 4.31 Å². The number of hydrogen-bond donors (Lipinski definition) is 2. The van der Waals surface area contributed by atoms with Crippen molar-refractivity contribution in [2.75, 3.05) is 19.6 Å². The minimum Gasteiger partial charge on any atom is -0.330 e. The third-order valence-corrected chi connectivity index (χ3v) is 5.38. The molecule has 0 amide bonds. The second-order valence-electron chi connectivity index (χ2n) is 5.03. The molecular weight excluding hydrogens is 298 g/mol. The minimum absolute atomic E-state index is 0.250. The molecule has 1 aromatic carbocycles. The molecule has 0 unspecified atom stereocenters. The summed E-state index contributed by atoms with van der Waals surface area (Å²) in [7, 11) is -3.43. The normalized spacial score (nSPS) is 18.3. The van der Waals surface area contributed by atoms with Gasteiger partial charge < -0.3 is 5.73 Å². The van der Waals surface area contributed by atoms with E-state index in [0.717, 1.165) is 18.4 Å². The van der Waals surface area contributed by atoms with Gasteiger partial charge in [-0.05, 0) is 43.0 Å². The maximum absolute atomic E-state index is 12.2. The molecule has 5 nitrogen and oxygen atoms in total. The Morgan fingerprint density at radius 1 is 1.35 bits per heavy atom. The van der Waals surface area contributed by atoms with Crippen LogP contribution in [0, 0.1) is 5.92 Å². The van der Waals surface area contributed by atoms with Crippen LogP contribution in [0.25, 0.3) is 0 Å². The Kier molecular flexibility index (Phi) is 5.40. The van der Waals surface area contributed by atoms with E-state index >= 15 is 0 Å². The van der Waals surface area contributed by atoms with Gasteiger partial charge in [0, 0.05) is 24.7 Å². The van der Waals surface area contributed by atoms with Gasteiger partial charge in [-0.15, -0.1) is 0 Å². The third-order valence-electron chi connectivity index (χ3n) is 3.59. The van der Waals surface area contributed by atoms with Crippen LogP contribution in [0.3, 0.4) is 0 Å². The van der Waals surface area contributed by atoms with Crippen LogP contribution in [0.5, 0.6) is 0 Å². The number of piperidine rings is 1. The van der Waals surface area contributed by atoms with Crippen molar-refractivity contribution in [3.05, 3.63) is 34.9 Å². The van der Waals surface area contributed by atoms with Crippen molar-refractivity contribution in [1.29, 1.82) is 0 Å². The Balaban J connectivity index is 1.91. The Morgan fingerprint density at radius 3 is 2.65 bits per heavy atom. The molecule has 7 heteroatoms. The van der Waals surface area contributed by atoms with Crippen molar-refractivity contribution >= 4 is 21.8 Å². The molecule has 0 aromatic heterocycles. The summed E-state index contributed by atoms with van der Waals surface area (Å²) in [5.41, 5.74) is 6.46. The van der Waals surface area contributed by atoms with Crippen LogP contribution in [0.15, 0.2) is 24.3 Å². The van der Waals surface area contributed by atoms with Crippen molar-refractivity contribution in [2.24, 2.45) is 11.7 Å². The highest BCUT2D eigenvalue weighted by molar-refractivity contribution is 7.87.